The van der Waals surface area contributed by atoms with E-state index in [1.807, 2.05) is 6.92 Å². The van der Waals surface area contributed by atoms with Crippen LogP contribution in [0.15, 0.2) is 0 Å². The topological polar surface area (TPSA) is 30.5 Å². The van der Waals surface area contributed by atoms with Gasteiger partial charge in [0, 0.05) is 26.3 Å². The number of nitrogens with one attached hydrogen (secondary N) is 1. The Balaban J connectivity index is 2.19. The third-order valence-corrected chi connectivity index (χ3v) is 2.72. The first-order chi connectivity index (χ1) is 7.48. The molecule has 0 aromatic carbocycles. The Bertz CT molecular complexity index is 211. The van der Waals surface area contributed by atoms with Crippen LogP contribution in [0.25, 0.3) is 0 Å². The van der Waals surface area contributed by atoms with Crippen LogP contribution in [0.2, 0.25) is 0 Å². The van der Waals surface area contributed by atoms with Crippen LogP contribution in [0, 0.1) is 0 Å². The van der Waals surface area contributed by atoms with E-state index in [-0.39, 0.29) is 24.8 Å². The van der Waals surface area contributed by atoms with Gasteiger partial charge in [0.25, 0.3) is 0 Å². The average molecular weight is 241 g/mol. The van der Waals surface area contributed by atoms with Crippen LogP contribution in [-0.2, 0) is 9.47 Å². The summed E-state index contributed by atoms with van der Waals surface area (Å²) in [6.45, 7) is 2.42. The highest BCUT2D eigenvalue weighted by Crippen LogP contribution is 2.27. The number of hydrogen-bond acceptors (Lipinski definition) is 3. The van der Waals surface area contributed by atoms with Crippen molar-refractivity contribution in [2.24, 2.45) is 0 Å². The summed E-state index contributed by atoms with van der Waals surface area (Å²) in [5.41, 5.74) is 0. The zero-order chi connectivity index (χ0) is 12.2. The fraction of sp³-hybridized carbons (Fsp3) is 1.00. The van der Waals surface area contributed by atoms with Gasteiger partial charge in [0.15, 0.2) is 0 Å². The first-order valence-electron chi connectivity index (χ1n) is 5.42. The number of rotatable bonds is 6. The van der Waals surface area contributed by atoms with E-state index >= 15 is 0 Å². The third-order valence-electron chi connectivity index (χ3n) is 2.72. The third kappa shape index (κ3) is 3.92. The number of halogens is 3. The molecule has 0 bridgehead atoms. The maximum absolute atomic E-state index is 11.9. The molecule has 0 aliphatic heterocycles. The molecule has 1 aliphatic carbocycles. The minimum atomic E-state index is -4.10. The average Bonchev–Trinajstić information content (AvgIpc) is 2.14. The molecule has 0 spiro atoms. The molecule has 1 saturated carbocycles. The quantitative estimate of drug-likeness (QED) is 0.768. The standard InChI is InChI=1S/C10H18F3NO2/c1-3-16-8-6-7(9(8)15-2)14-5-4-10(11,12)13/h7-9,14H,3-6H2,1-2H3. The Morgan fingerprint density at radius 3 is 2.56 bits per heavy atom. The highest BCUT2D eigenvalue weighted by molar-refractivity contribution is 4.97. The molecular formula is C10H18F3NO2. The van der Waals surface area contributed by atoms with Gasteiger partial charge in [0.05, 0.1) is 18.6 Å². The summed E-state index contributed by atoms with van der Waals surface area (Å²) in [6, 6.07) is -0.0242. The zero-order valence-corrected chi connectivity index (χ0v) is 9.51. The first-order valence-corrected chi connectivity index (χ1v) is 5.42. The highest BCUT2D eigenvalue weighted by atomic mass is 19.4. The Morgan fingerprint density at radius 2 is 2.06 bits per heavy atom. The van der Waals surface area contributed by atoms with Crippen molar-refractivity contribution in [2.75, 3.05) is 20.3 Å². The van der Waals surface area contributed by atoms with Gasteiger partial charge < -0.3 is 14.8 Å². The van der Waals surface area contributed by atoms with Crippen molar-refractivity contribution >= 4 is 0 Å². The van der Waals surface area contributed by atoms with Crippen LogP contribution < -0.4 is 5.32 Å². The zero-order valence-electron chi connectivity index (χ0n) is 9.51. The fourth-order valence-electron chi connectivity index (χ4n) is 1.87. The predicted molar refractivity (Wildman–Crippen MR) is 53.3 cm³/mol. The van der Waals surface area contributed by atoms with Crippen LogP contribution in [0.3, 0.4) is 0 Å². The van der Waals surface area contributed by atoms with Crippen molar-refractivity contribution in [2.45, 2.75) is 44.2 Å². The largest absolute Gasteiger partial charge is 0.390 e. The molecule has 1 aliphatic rings. The Morgan fingerprint density at radius 1 is 1.38 bits per heavy atom. The molecule has 3 unspecified atom stereocenters. The molecule has 3 atom stereocenters. The molecular weight excluding hydrogens is 223 g/mol. The van der Waals surface area contributed by atoms with Crippen LogP contribution in [0.5, 0.6) is 0 Å². The summed E-state index contributed by atoms with van der Waals surface area (Å²) < 4.78 is 46.3. The van der Waals surface area contributed by atoms with Crippen LogP contribution in [-0.4, -0.2) is 44.7 Å². The number of hydrogen-bond donors (Lipinski definition) is 1. The van der Waals surface area contributed by atoms with Gasteiger partial charge in [-0.15, -0.1) is 0 Å². The van der Waals surface area contributed by atoms with E-state index in [0.717, 1.165) is 0 Å². The predicted octanol–water partition coefficient (Wildman–Crippen LogP) is 1.72. The second-order valence-electron chi connectivity index (χ2n) is 3.86. The van der Waals surface area contributed by atoms with Crippen molar-refractivity contribution in [1.29, 1.82) is 0 Å². The molecule has 1 N–H and O–H groups in total. The van der Waals surface area contributed by atoms with E-state index in [4.69, 9.17) is 9.47 Å². The van der Waals surface area contributed by atoms with E-state index in [1.165, 1.54) is 0 Å². The van der Waals surface area contributed by atoms with E-state index in [9.17, 15) is 13.2 Å². The monoisotopic (exact) mass is 241 g/mol. The van der Waals surface area contributed by atoms with Crippen LogP contribution >= 0.6 is 0 Å². The lowest BCUT2D eigenvalue weighted by molar-refractivity contribution is -0.144. The first kappa shape index (κ1) is 13.7. The van der Waals surface area contributed by atoms with Crippen LogP contribution in [0.1, 0.15) is 19.8 Å². The number of methoxy groups -OCH3 is 1. The highest BCUT2D eigenvalue weighted by Gasteiger charge is 2.42. The van der Waals surface area contributed by atoms with Gasteiger partial charge in [-0.1, -0.05) is 0 Å². The second kappa shape index (κ2) is 5.84. The molecule has 16 heavy (non-hydrogen) atoms. The molecule has 0 amide bonds. The number of alkyl halides is 3. The summed E-state index contributed by atoms with van der Waals surface area (Å²) in [6.07, 6.45) is -4.31. The van der Waals surface area contributed by atoms with E-state index < -0.39 is 12.6 Å². The normalized spacial score (nSPS) is 30.2. The number of ether oxygens (including phenoxy) is 2. The van der Waals surface area contributed by atoms with Gasteiger partial charge in [0.2, 0.25) is 0 Å². The molecule has 0 radical (unpaired) electrons. The van der Waals surface area contributed by atoms with Crippen LogP contribution in [0.4, 0.5) is 13.2 Å². The lowest BCUT2D eigenvalue weighted by Gasteiger charge is -2.43. The van der Waals surface area contributed by atoms with Crippen molar-refractivity contribution in [3.05, 3.63) is 0 Å². The maximum Gasteiger partial charge on any atom is 0.390 e. The minimum Gasteiger partial charge on any atom is -0.377 e. The Labute approximate surface area is 93.3 Å². The van der Waals surface area contributed by atoms with Crippen molar-refractivity contribution in [3.63, 3.8) is 0 Å². The smallest absolute Gasteiger partial charge is 0.377 e. The molecule has 0 saturated heterocycles. The fourth-order valence-corrected chi connectivity index (χ4v) is 1.87. The SMILES string of the molecule is CCOC1CC(NCCC(F)(F)F)C1OC. The summed E-state index contributed by atoms with van der Waals surface area (Å²) in [7, 11) is 1.55. The lowest BCUT2D eigenvalue weighted by atomic mass is 9.85. The van der Waals surface area contributed by atoms with Gasteiger partial charge in [-0.2, -0.15) is 13.2 Å². The molecule has 0 heterocycles. The second-order valence-corrected chi connectivity index (χ2v) is 3.86. The van der Waals surface area contributed by atoms with E-state index in [2.05, 4.69) is 5.32 Å². The Hall–Kier alpha value is -0.330. The van der Waals surface area contributed by atoms with Crippen molar-refractivity contribution < 1.29 is 22.6 Å². The van der Waals surface area contributed by atoms with E-state index in [1.54, 1.807) is 7.11 Å². The van der Waals surface area contributed by atoms with Crippen molar-refractivity contribution in [3.8, 4) is 0 Å². The summed E-state index contributed by atoms with van der Waals surface area (Å²) in [5, 5.41) is 2.84. The molecule has 1 rings (SSSR count). The van der Waals surface area contributed by atoms with Gasteiger partial charge >= 0.3 is 6.18 Å². The van der Waals surface area contributed by atoms with Gasteiger partial charge in [-0.3, -0.25) is 0 Å². The summed E-state index contributed by atoms with van der Waals surface area (Å²) in [4.78, 5) is 0. The Kier molecular flexibility index (Phi) is 5.01. The molecule has 1 fully saturated rings. The maximum atomic E-state index is 11.9. The van der Waals surface area contributed by atoms with Crippen molar-refractivity contribution in [1.82, 2.24) is 5.32 Å². The summed E-state index contributed by atoms with van der Waals surface area (Å²) in [5.74, 6) is 0. The molecule has 96 valence electrons. The van der Waals surface area contributed by atoms with E-state index in [0.29, 0.717) is 13.0 Å². The molecule has 0 aromatic rings. The lowest BCUT2D eigenvalue weighted by Crippen LogP contribution is -2.60. The van der Waals surface area contributed by atoms with Gasteiger partial charge in [-0.25, -0.2) is 0 Å². The van der Waals surface area contributed by atoms with Gasteiger partial charge in [0.1, 0.15) is 0 Å². The molecule has 6 heteroatoms. The minimum absolute atomic E-state index is 0.0124. The molecule has 3 nitrogen and oxygen atoms in total. The summed E-state index contributed by atoms with van der Waals surface area (Å²) >= 11 is 0. The molecule has 0 aromatic heterocycles. The van der Waals surface area contributed by atoms with Gasteiger partial charge in [-0.05, 0) is 13.3 Å².